The number of piperidine rings is 1. The van der Waals surface area contributed by atoms with Crippen LogP contribution in [-0.4, -0.2) is 28.7 Å². The van der Waals surface area contributed by atoms with Crippen molar-refractivity contribution in [2.75, 3.05) is 13.1 Å². The molecule has 1 saturated heterocycles. The maximum Gasteiger partial charge on any atom is 0.335 e. The number of aromatic carboxylic acids is 1. The Bertz CT molecular complexity index is 582. The van der Waals surface area contributed by atoms with Crippen LogP contribution in [0.1, 0.15) is 29.2 Å². The van der Waals surface area contributed by atoms with Crippen LogP contribution in [0.15, 0.2) is 30.5 Å². The van der Waals surface area contributed by atoms with E-state index in [4.69, 9.17) is 5.11 Å². The van der Waals surface area contributed by atoms with E-state index in [1.807, 2.05) is 6.07 Å². The minimum Gasteiger partial charge on any atom is -0.478 e. The first kappa shape index (κ1) is 11.3. The number of carbonyl (C=O) groups is 1. The van der Waals surface area contributed by atoms with Crippen LogP contribution in [0.3, 0.4) is 0 Å². The summed E-state index contributed by atoms with van der Waals surface area (Å²) in [5.41, 5.74) is 1.39. The van der Waals surface area contributed by atoms with Crippen LogP contribution in [-0.2, 0) is 0 Å². The zero-order valence-corrected chi connectivity index (χ0v) is 10.1. The van der Waals surface area contributed by atoms with Crippen LogP contribution in [0.5, 0.6) is 0 Å². The molecule has 2 aromatic rings. The van der Waals surface area contributed by atoms with Gasteiger partial charge in [0.15, 0.2) is 0 Å². The molecule has 1 aromatic heterocycles. The largest absolute Gasteiger partial charge is 0.478 e. The summed E-state index contributed by atoms with van der Waals surface area (Å²) in [4.78, 5) is 11.0. The zero-order chi connectivity index (χ0) is 12.5. The second kappa shape index (κ2) is 4.46. The second-order valence-corrected chi connectivity index (χ2v) is 4.78. The van der Waals surface area contributed by atoms with Gasteiger partial charge in [-0.15, -0.1) is 0 Å². The summed E-state index contributed by atoms with van der Waals surface area (Å²) >= 11 is 0. The van der Waals surface area contributed by atoms with Gasteiger partial charge in [0.2, 0.25) is 0 Å². The average Bonchev–Trinajstić information content (AvgIpc) is 2.82. The van der Waals surface area contributed by atoms with Gasteiger partial charge in [0, 0.05) is 17.8 Å². The fraction of sp³-hybridized carbons (Fsp3) is 0.357. The highest BCUT2D eigenvalue weighted by atomic mass is 16.4. The molecule has 4 nitrogen and oxygen atoms in total. The van der Waals surface area contributed by atoms with Crippen molar-refractivity contribution in [3.63, 3.8) is 0 Å². The van der Waals surface area contributed by atoms with E-state index in [0.717, 1.165) is 36.8 Å². The lowest BCUT2D eigenvalue weighted by Gasteiger charge is -2.25. The number of rotatable bonds is 2. The maximum absolute atomic E-state index is 11.0. The van der Waals surface area contributed by atoms with Crippen molar-refractivity contribution in [1.82, 2.24) is 9.88 Å². The SMILES string of the molecule is O=C(O)c1ccc2ccn(C3CCNCC3)c2c1. The first-order chi connectivity index (χ1) is 8.75. The van der Waals surface area contributed by atoms with E-state index in [2.05, 4.69) is 22.1 Å². The monoisotopic (exact) mass is 244 g/mol. The number of nitrogens with one attached hydrogen (secondary N) is 1. The predicted octanol–water partition coefficient (Wildman–Crippen LogP) is 2.26. The number of benzene rings is 1. The molecule has 1 aliphatic heterocycles. The van der Waals surface area contributed by atoms with Crippen LogP contribution in [0.4, 0.5) is 0 Å². The average molecular weight is 244 g/mol. The molecule has 0 spiro atoms. The molecule has 2 heterocycles. The van der Waals surface area contributed by atoms with E-state index in [9.17, 15) is 4.79 Å². The Labute approximate surface area is 105 Å². The van der Waals surface area contributed by atoms with Gasteiger partial charge >= 0.3 is 5.97 Å². The maximum atomic E-state index is 11.0. The van der Waals surface area contributed by atoms with E-state index in [-0.39, 0.29) is 0 Å². The molecule has 0 atom stereocenters. The summed E-state index contributed by atoms with van der Waals surface area (Å²) in [7, 11) is 0. The molecule has 94 valence electrons. The van der Waals surface area contributed by atoms with Crippen LogP contribution in [0.2, 0.25) is 0 Å². The third-order valence-electron chi connectivity index (χ3n) is 3.67. The topological polar surface area (TPSA) is 54.3 Å². The number of carboxylic acids is 1. The first-order valence-corrected chi connectivity index (χ1v) is 6.30. The van der Waals surface area contributed by atoms with Crippen LogP contribution in [0, 0.1) is 0 Å². The molecule has 0 radical (unpaired) electrons. The van der Waals surface area contributed by atoms with Gasteiger partial charge < -0.3 is 15.0 Å². The molecule has 1 fully saturated rings. The van der Waals surface area contributed by atoms with E-state index >= 15 is 0 Å². The number of fused-ring (bicyclic) bond motifs is 1. The van der Waals surface area contributed by atoms with Gasteiger partial charge in [-0.05, 0) is 49.5 Å². The molecule has 4 heteroatoms. The Morgan fingerprint density at radius 2 is 2.06 bits per heavy atom. The van der Waals surface area contributed by atoms with E-state index in [1.54, 1.807) is 12.1 Å². The molecule has 0 aliphatic carbocycles. The van der Waals surface area contributed by atoms with Crippen molar-refractivity contribution in [1.29, 1.82) is 0 Å². The molecule has 0 saturated carbocycles. The summed E-state index contributed by atoms with van der Waals surface area (Å²) < 4.78 is 2.22. The summed E-state index contributed by atoms with van der Waals surface area (Å²) in [5, 5.41) is 13.5. The Morgan fingerprint density at radius 3 is 2.78 bits per heavy atom. The number of carboxylic acid groups (broad SMARTS) is 1. The highest BCUT2D eigenvalue weighted by Crippen LogP contribution is 2.26. The van der Waals surface area contributed by atoms with E-state index in [0.29, 0.717) is 11.6 Å². The lowest BCUT2D eigenvalue weighted by molar-refractivity contribution is 0.0697. The molecule has 0 amide bonds. The van der Waals surface area contributed by atoms with Crippen molar-refractivity contribution in [3.8, 4) is 0 Å². The summed E-state index contributed by atoms with van der Waals surface area (Å²) in [5.74, 6) is -0.866. The van der Waals surface area contributed by atoms with E-state index in [1.165, 1.54) is 0 Å². The first-order valence-electron chi connectivity index (χ1n) is 6.30. The summed E-state index contributed by atoms with van der Waals surface area (Å²) in [6, 6.07) is 7.86. The van der Waals surface area contributed by atoms with Gasteiger partial charge in [0.1, 0.15) is 0 Å². The number of nitrogens with zero attached hydrogens (tertiary/aromatic N) is 1. The molecule has 0 unspecified atom stereocenters. The zero-order valence-electron chi connectivity index (χ0n) is 10.1. The van der Waals surface area contributed by atoms with Crippen LogP contribution in [0.25, 0.3) is 10.9 Å². The van der Waals surface area contributed by atoms with Crippen LogP contribution >= 0.6 is 0 Å². The van der Waals surface area contributed by atoms with Crippen molar-refractivity contribution in [2.45, 2.75) is 18.9 Å². The fourth-order valence-corrected chi connectivity index (χ4v) is 2.69. The van der Waals surface area contributed by atoms with Crippen LogP contribution < -0.4 is 5.32 Å². The Balaban J connectivity index is 2.05. The normalized spacial score (nSPS) is 17.1. The van der Waals surface area contributed by atoms with Gasteiger partial charge in [-0.25, -0.2) is 4.79 Å². The molecule has 0 bridgehead atoms. The summed E-state index contributed by atoms with van der Waals surface area (Å²) in [6.45, 7) is 2.06. The van der Waals surface area contributed by atoms with Gasteiger partial charge in [-0.1, -0.05) is 6.07 Å². The number of hydrogen-bond acceptors (Lipinski definition) is 2. The fourth-order valence-electron chi connectivity index (χ4n) is 2.69. The lowest BCUT2D eigenvalue weighted by Crippen LogP contribution is -2.29. The van der Waals surface area contributed by atoms with Gasteiger partial charge in [-0.3, -0.25) is 0 Å². The van der Waals surface area contributed by atoms with E-state index < -0.39 is 5.97 Å². The summed E-state index contributed by atoms with van der Waals surface area (Å²) in [6.07, 6.45) is 4.27. The van der Waals surface area contributed by atoms with Gasteiger partial charge in [0.05, 0.1) is 5.56 Å². The van der Waals surface area contributed by atoms with Crippen molar-refractivity contribution >= 4 is 16.9 Å². The number of hydrogen-bond donors (Lipinski definition) is 2. The standard InChI is InChI=1S/C14H16N2O2/c17-14(18)11-2-1-10-5-8-16(13(10)9-11)12-3-6-15-7-4-12/h1-2,5,8-9,12,15H,3-4,6-7H2,(H,17,18). The number of aromatic nitrogens is 1. The van der Waals surface area contributed by atoms with Crippen molar-refractivity contribution in [3.05, 3.63) is 36.0 Å². The molecule has 1 aromatic carbocycles. The van der Waals surface area contributed by atoms with Gasteiger partial charge in [-0.2, -0.15) is 0 Å². The molecule has 2 N–H and O–H groups in total. The molecular weight excluding hydrogens is 228 g/mol. The molecule has 3 rings (SSSR count). The lowest BCUT2D eigenvalue weighted by atomic mass is 10.1. The molecule has 18 heavy (non-hydrogen) atoms. The minimum atomic E-state index is -0.866. The molecule has 1 aliphatic rings. The third-order valence-corrected chi connectivity index (χ3v) is 3.67. The Hall–Kier alpha value is -1.81. The smallest absolute Gasteiger partial charge is 0.335 e. The predicted molar refractivity (Wildman–Crippen MR) is 70.0 cm³/mol. The Morgan fingerprint density at radius 1 is 1.28 bits per heavy atom. The Kier molecular flexibility index (Phi) is 2.80. The quantitative estimate of drug-likeness (QED) is 0.852. The van der Waals surface area contributed by atoms with Crippen molar-refractivity contribution in [2.24, 2.45) is 0 Å². The van der Waals surface area contributed by atoms with Gasteiger partial charge in [0.25, 0.3) is 0 Å². The second-order valence-electron chi connectivity index (χ2n) is 4.78. The highest BCUT2D eigenvalue weighted by molar-refractivity contribution is 5.93. The van der Waals surface area contributed by atoms with Crippen molar-refractivity contribution < 1.29 is 9.90 Å². The molecular formula is C14H16N2O2. The highest BCUT2D eigenvalue weighted by Gasteiger charge is 2.16. The minimum absolute atomic E-state index is 0.358. The third kappa shape index (κ3) is 1.88.